The molecular weight excluding hydrogens is 472 g/mol. The Morgan fingerprint density at radius 2 is 1.08 bits per heavy atom. The summed E-state index contributed by atoms with van der Waals surface area (Å²) in [7, 11) is 0. The lowest BCUT2D eigenvalue weighted by Crippen LogP contribution is -1.99. The molecule has 0 amide bonds. The summed E-state index contributed by atoms with van der Waals surface area (Å²) in [6.45, 7) is 0. The lowest BCUT2D eigenvalue weighted by atomic mass is 9.86. The summed E-state index contributed by atoms with van der Waals surface area (Å²) in [5, 5.41) is -3.07. The van der Waals surface area contributed by atoms with Crippen molar-refractivity contribution in [2.45, 2.75) is 0 Å². The van der Waals surface area contributed by atoms with Crippen molar-refractivity contribution < 1.29 is 27.4 Å². The fraction of sp³-hybridized carbons (Fsp3) is 0. The second-order valence-corrected chi connectivity index (χ2v) is 8.48. The van der Waals surface area contributed by atoms with Gasteiger partial charge in [0.25, 0.3) is 0 Å². The summed E-state index contributed by atoms with van der Waals surface area (Å²) in [5.74, 6) is -0.373. The Bertz CT molecular complexity index is 3160. The number of hydrogen-bond acceptors (Lipinski definition) is 1. The molecule has 0 unspecified atom stereocenters. The van der Waals surface area contributed by atoms with Gasteiger partial charge in [-0.2, -0.15) is 0 Å². The molecule has 1 heterocycles. The minimum Gasteiger partial charge on any atom is -0.292 e. The van der Waals surface area contributed by atoms with Crippen molar-refractivity contribution in [2.24, 2.45) is 0 Å². The Hall–Kier alpha value is -5.21. The highest BCUT2D eigenvalue weighted by molar-refractivity contribution is 6.23. The maximum Gasteiger partial charge on any atom is 0.146 e. The van der Waals surface area contributed by atoms with Gasteiger partial charge in [-0.15, -0.1) is 0 Å². The molecule has 0 aliphatic carbocycles. The second kappa shape index (κ2) is 8.68. The van der Waals surface area contributed by atoms with Crippen molar-refractivity contribution in [1.82, 2.24) is 9.55 Å². The van der Waals surface area contributed by atoms with Crippen LogP contribution in [0.4, 0.5) is 0 Å². The fourth-order valence-electron chi connectivity index (χ4n) is 4.87. The van der Waals surface area contributed by atoms with Crippen LogP contribution in [0.1, 0.15) is 27.4 Å². The normalized spacial score (nSPS) is 18.8. The Labute approximate surface area is 254 Å². The molecule has 0 saturated heterocycles. The van der Waals surface area contributed by atoms with Crippen LogP contribution < -0.4 is 0 Å². The first-order chi connectivity index (χ1) is 27.7. The third-order valence-electron chi connectivity index (χ3n) is 6.43. The maximum absolute atomic E-state index is 9.38. The summed E-state index contributed by atoms with van der Waals surface area (Å²) >= 11 is 0. The van der Waals surface area contributed by atoms with Crippen molar-refractivity contribution in [3.8, 4) is 28.2 Å². The molecule has 0 aliphatic heterocycles. The number of imidazole rings is 1. The molecule has 182 valence electrons. The molecule has 39 heavy (non-hydrogen) atoms. The molecule has 8 rings (SSSR count). The van der Waals surface area contributed by atoms with Crippen molar-refractivity contribution in [1.29, 1.82) is 0 Å². The van der Waals surface area contributed by atoms with Gasteiger partial charge in [0.05, 0.1) is 38.4 Å². The van der Waals surface area contributed by atoms with Crippen LogP contribution in [-0.4, -0.2) is 9.55 Å². The van der Waals surface area contributed by atoms with E-state index in [2.05, 4.69) is 0 Å². The monoisotopic (exact) mass is 516 g/mol. The number of nitrogens with zero attached hydrogens (tertiary/aromatic N) is 2. The van der Waals surface area contributed by atoms with Crippen LogP contribution in [0.2, 0.25) is 0 Å². The van der Waals surface area contributed by atoms with Crippen LogP contribution in [0.15, 0.2) is 145 Å². The van der Waals surface area contributed by atoms with E-state index >= 15 is 0 Å². The van der Waals surface area contributed by atoms with Crippen LogP contribution in [0.25, 0.3) is 71.6 Å². The van der Waals surface area contributed by atoms with Gasteiger partial charge in [0, 0.05) is 11.3 Å². The third-order valence-corrected chi connectivity index (χ3v) is 6.43. The van der Waals surface area contributed by atoms with E-state index in [0.29, 0.717) is 0 Å². The highest BCUT2D eigenvalue weighted by Gasteiger charge is 2.22. The molecule has 0 bridgehead atoms. The van der Waals surface area contributed by atoms with E-state index in [1.165, 1.54) is 12.1 Å². The predicted molar refractivity (Wildman–Crippen MR) is 164 cm³/mol. The topological polar surface area (TPSA) is 17.8 Å². The molecule has 2 nitrogen and oxygen atoms in total. The smallest absolute Gasteiger partial charge is 0.146 e. The molecule has 0 aliphatic rings. The molecule has 0 saturated carbocycles. The van der Waals surface area contributed by atoms with E-state index in [1.807, 2.05) is 0 Å². The summed E-state index contributed by atoms with van der Waals surface area (Å²) in [6.07, 6.45) is 0. The predicted octanol–water partition coefficient (Wildman–Crippen LogP) is 9.82. The lowest BCUT2D eigenvalue weighted by Gasteiger charge is -2.19. The molecule has 0 spiro atoms. The molecule has 0 radical (unpaired) electrons. The zero-order valence-corrected chi connectivity index (χ0v) is 19.7. The second-order valence-electron chi connectivity index (χ2n) is 8.48. The van der Waals surface area contributed by atoms with E-state index in [-0.39, 0.29) is 16.9 Å². The first-order valence-electron chi connectivity index (χ1n) is 21.7. The molecule has 2 heteroatoms. The first-order valence-corrected chi connectivity index (χ1v) is 11.7. The van der Waals surface area contributed by atoms with E-state index in [1.54, 1.807) is 12.1 Å². The minimum absolute atomic E-state index is 0.133. The molecule has 0 N–H and O–H groups in total. The van der Waals surface area contributed by atoms with E-state index < -0.39 is 176 Å². The SMILES string of the molecule is [2H]c1c([2H])c([2H])c(-n2c(-c3c4c([2H])c([2H])c([2H])c([2H])c4c(-c4c([2H])c([2H])c([2H])c5c([2H])c([2H])c([2H])c([2H])c45)c4c([2H])c([2H])c([2H])c([2H])c34)nc3ccccc32)c([2H])c1[2H]. The molecule has 8 aromatic rings. The van der Waals surface area contributed by atoms with Crippen LogP contribution >= 0.6 is 0 Å². The van der Waals surface area contributed by atoms with Gasteiger partial charge in [-0.25, -0.2) is 4.98 Å². The van der Waals surface area contributed by atoms with Gasteiger partial charge in [-0.1, -0.05) is 121 Å². The van der Waals surface area contributed by atoms with Crippen LogP contribution in [0.5, 0.6) is 0 Å². The van der Waals surface area contributed by atoms with Gasteiger partial charge in [0.15, 0.2) is 0 Å². The number of fused-ring (bicyclic) bond motifs is 4. The van der Waals surface area contributed by atoms with Gasteiger partial charge in [0.2, 0.25) is 0 Å². The third kappa shape index (κ3) is 3.32. The molecular formula is C37H24N2. The van der Waals surface area contributed by atoms with Crippen molar-refractivity contribution >= 4 is 43.4 Å². The molecule has 0 atom stereocenters. The zero-order chi connectivity index (χ0) is 43.2. The Morgan fingerprint density at radius 3 is 1.79 bits per heavy atom. The van der Waals surface area contributed by atoms with Crippen molar-refractivity contribution in [3.63, 3.8) is 0 Å². The standard InChI is InChI=1S/C37H24N2/c1-2-15-26(16-3-1)39-34-24-11-10-23-33(34)38-37(39)36-31-20-8-6-18-29(31)35(30-19-7-9-21-32(30)36)28-22-12-14-25-13-4-5-17-27(25)28/h1-24H/i1D,2D,3D,4D,5D,6D,7D,8D,9D,12D,13D,14D,15D,16D,17D,18D,19D,20D,21D,22D. The molecule has 0 fully saturated rings. The number of rotatable bonds is 3. The summed E-state index contributed by atoms with van der Waals surface area (Å²) in [5.41, 5.74) is -1.69. The first kappa shape index (κ1) is 9.83. The Morgan fingerprint density at radius 1 is 0.513 bits per heavy atom. The van der Waals surface area contributed by atoms with Crippen LogP contribution in [-0.2, 0) is 0 Å². The minimum atomic E-state index is -0.854. The van der Waals surface area contributed by atoms with Gasteiger partial charge >= 0.3 is 0 Å². The molecule has 7 aromatic carbocycles. The zero-order valence-electron chi connectivity index (χ0n) is 39.7. The Kier molecular flexibility index (Phi) is 2.19. The summed E-state index contributed by atoms with van der Waals surface area (Å²) in [4.78, 5) is 4.74. The summed E-state index contributed by atoms with van der Waals surface area (Å²) < 4.78 is 178. The summed E-state index contributed by atoms with van der Waals surface area (Å²) in [6, 6.07) is -9.68. The van der Waals surface area contributed by atoms with Crippen molar-refractivity contribution in [3.05, 3.63) is 145 Å². The number of aromatic nitrogens is 2. The van der Waals surface area contributed by atoms with Gasteiger partial charge in [-0.3, -0.25) is 4.57 Å². The average molecular weight is 517 g/mol. The van der Waals surface area contributed by atoms with Gasteiger partial charge < -0.3 is 0 Å². The quantitative estimate of drug-likeness (QED) is 0.214. The number of para-hydroxylation sites is 3. The van der Waals surface area contributed by atoms with E-state index in [4.69, 9.17) is 25.5 Å². The largest absolute Gasteiger partial charge is 0.292 e. The van der Waals surface area contributed by atoms with Gasteiger partial charge in [0.1, 0.15) is 5.82 Å². The van der Waals surface area contributed by atoms with Crippen LogP contribution in [0, 0.1) is 0 Å². The number of hydrogen-bond donors (Lipinski definition) is 0. The van der Waals surface area contributed by atoms with Gasteiger partial charge in [-0.05, 0) is 67.7 Å². The highest BCUT2D eigenvalue weighted by atomic mass is 15.1. The van der Waals surface area contributed by atoms with Crippen molar-refractivity contribution in [2.75, 3.05) is 0 Å². The van der Waals surface area contributed by atoms with E-state index in [0.717, 1.165) is 4.57 Å². The van der Waals surface area contributed by atoms with Crippen LogP contribution in [0.3, 0.4) is 0 Å². The molecule has 1 aromatic heterocycles. The lowest BCUT2D eigenvalue weighted by molar-refractivity contribution is 1.11. The van der Waals surface area contributed by atoms with E-state index in [9.17, 15) is 6.85 Å². The Balaban J connectivity index is 1.79. The average Bonchev–Trinajstić information content (AvgIpc) is 3.59. The highest BCUT2D eigenvalue weighted by Crippen LogP contribution is 2.45. The fourth-order valence-corrected chi connectivity index (χ4v) is 4.87. The maximum atomic E-state index is 9.38. The number of benzene rings is 7.